The minimum atomic E-state index is -0.731. The molecule has 1 fully saturated rings. The summed E-state index contributed by atoms with van der Waals surface area (Å²) in [7, 11) is 0. The van der Waals surface area contributed by atoms with E-state index >= 15 is 0 Å². The van der Waals surface area contributed by atoms with Gasteiger partial charge in [-0.1, -0.05) is 0 Å². The van der Waals surface area contributed by atoms with E-state index in [9.17, 15) is 14.9 Å². The third-order valence-corrected chi connectivity index (χ3v) is 6.38. The Labute approximate surface area is 151 Å². The molecule has 3 rings (SSSR count). The Bertz CT molecular complexity index is 788. The van der Waals surface area contributed by atoms with Gasteiger partial charge in [-0.25, -0.2) is 0 Å². The van der Waals surface area contributed by atoms with Crippen LogP contribution in [-0.2, 0) is 9.47 Å². The molecule has 0 aromatic heterocycles. The topological polar surface area (TPSA) is 76.4 Å². The third kappa shape index (κ3) is 4.08. The van der Waals surface area contributed by atoms with Crippen LogP contribution in [0.5, 0.6) is 0 Å². The molecule has 6 heteroatoms. The van der Waals surface area contributed by atoms with E-state index in [-0.39, 0.29) is 15.0 Å². The van der Waals surface area contributed by atoms with Gasteiger partial charge in [0.1, 0.15) is 0 Å². The standard InChI is InChI=1S/C19H15NO4Se/c20-11-16-17(24-19(22)14-9-5-2-6-10-14)15(12-25-16)23-18(21)13-7-3-1-4-8-13/h1-10,15-17H,12H2/t15-,16?,17+/m0/s1. The Morgan fingerprint density at radius 3 is 1.96 bits per heavy atom. The van der Waals surface area contributed by atoms with Crippen LogP contribution in [0.2, 0.25) is 10.1 Å². The summed E-state index contributed by atoms with van der Waals surface area (Å²) in [6.45, 7) is 0. The molecule has 0 radical (unpaired) electrons. The van der Waals surface area contributed by atoms with Crippen LogP contribution in [0.1, 0.15) is 20.7 Å². The number of nitrogens with zero attached hydrogens (tertiary/aromatic N) is 1. The zero-order valence-electron chi connectivity index (χ0n) is 13.2. The quantitative estimate of drug-likeness (QED) is 0.583. The second-order valence-electron chi connectivity index (χ2n) is 5.43. The van der Waals surface area contributed by atoms with Gasteiger partial charge in [0.25, 0.3) is 0 Å². The van der Waals surface area contributed by atoms with Gasteiger partial charge in [-0.05, 0) is 0 Å². The minimum absolute atomic E-state index is 0.0714. The van der Waals surface area contributed by atoms with E-state index < -0.39 is 29.0 Å². The van der Waals surface area contributed by atoms with Crippen molar-refractivity contribution in [3.63, 3.8) is 0 Å². The van der Waals surface area contributed by atoms with Gasteiger partial charge in [0, 0.05) is 0 Å². The summed E-state index contributed by atoms with van der Waals surface area (Å²) >= 11 is -0.0714. The zero-order chi connectivity index (χ0) is 17.6. The number of carbonyl (C=O) groups is 2. The van der Waals surface area contributed by atoms with Gasteiger partial charge in [-0.15, -0.1) is 0 Å². The molecule has 0 amide bonds. The Balaban J connectivity index is 1.71. The van der Waals surface area contributed by atoms with Crippen molar-refractivity contribution >= 4 is 26.9 Å². The van der Waals surface area contributed by atoms with Crippen LogP contribution in [0.3, 0.4) is 0 Å². The molecule has 0 N–H and O–H groups in total. The molecular formula is C19H15NO4Se. The molecular weight excluding hydrogens is 385 g/mol. The first-order chi connectivity index (χ1) is 12.2. The number of hydrogen-bond donors (Lipinski definition) is 0. The van der Waals surface area contributed by atoms with Crippen LogP contribution >= 0.6 is 0 Å². The van der Waals surface area contributed by atoms with Crippen LogP contribution in [0.25, 0.3) is 0 Å². The third-order valence-electron chi connectivity index (χ3n) is 3.75. The fraction of sp³-hybridized carbons (Fsp3) is 0.211. The van der Waals surface area contributed by atoms with Crippen molar-refractivity contribution in [2.24, 2.45) is 0 Å². The van der Waals surface area contributed by atoms with Crippen molar-refractivity contribution in [3.8, 4) is 6.07 Å². The zero-order valence-corrected chi connectivity index (χ0v) is 14.9. The van der Waals surface area contributed by atoms with Crippen molar-refractivity contribution in [1.82, 2.24) is 0 Å². The molecule has 2 aromatic carbocycles. The van der Waals surface area contributed by atoms with Crippen LogP contribution in [-0.4, -0.2) is 39.1 Å². The molecule has 1 unspecified atom stereocenters. The predicted octanol–water partition coefficient (Wildman–Crippen LogP) is 2.89. The van der Waals surface area contributed by atoms with E-state index in [1.54, 1.807) is 54.6 Å². The molecule has 1 aliphatic rings. The molecule has 1 saturated heterocycles. The van der Waals surface area contributed by atoms with Gasteiger partial charge in [-0.2, -0.15) is 0 Å². The molecule has 1 aliphatic heterocycles. The normalized spacial score (nSPS) is 22.0. The van der Waals surface area contributed by atoms with Gasteiger partial charge in [0.05, 0.1) is 0 Å². The molecule has 25 heavy (non-hydrogen) atoms. The maximum atomic E-state index is 12.3. The maximum absolute atomic E-state index is 12.3. The van der Waals surface area contributed by atoms with Gasteiger partial charge < -0.3 is 0 Å². The van der Waals surface area contributed by atoms with Crippen LogP contribution in [0.15, 0.2) is 60.7 Å². The van der Waals surface area contributed by atoms with E-state index in [1.807, 2.05) is 6.07 Å². The summed E-state index contributed by atoms with van der Waals surface area (Å²) < 4.78 is 11.1. The second-order valence-corrected chi connectivity index (χ2v) is 7.89. The fourth-order valence-corrected chi connectivity index (χ4v) is 4.89. The molecule has 0 saturated carbocycles. The Kier molecular flexibility index (Phi) is 5.49. The van der Waals surface area contributed by atoms with Gasteiger partial charge in [-0.3, -0.25) is 0 Å². The SMILES string of the molecule is N#CC1[Se]C[C@H](OC(=O)c2ccccc2)[C@H]1OC(=O)c1ccccc1. The number of nitriles is 1. The van der Waals surface area contributed by atoms with E-state index in [2.05, 4.69) is 6.07 Å². The summed E-state index contributed by atoms with van der Waals surface area (Å²) in [6, 6.07) is 19.4. The van der Waals surface area contributed by atoms with E-state index in [0.717, 1.165) is 0 Å². The summed E-state index contributed by atoms with van der Waals surface area (Å²) in [5.41, 5.74) is 0.843. The van der Waals surface area contributed by atoms with Crippen LogP contribution < -0.4 is 0 Å². The second kappa shape index (κ2) is 7.98. The first kappa shape index (κ1) is 17.2. The molecule has 0 spiro atoms. The van der Waals surface area contributed by atoms with Crippen molar-refractivity contribution in [1.29, 1.82) is 5.26 Å². The van der Waals surface area contributed by atoms with Crippen LogP contribution in [0, 0.1) is 11.3 Å². The molecule has 126 valence electrons. The molecule has 1 heterocycles. The van der Waals surface area contributed by atoms with Gasteiger partial charge in [0.15, 0.2) is 0 Å². The molecule has 2 aromatic rings. The summed E-state index contributed by atoms with van der Waals surface area (Å²) in [4.78, 5) is 24.1. The average molecular weight is 400 g/mol. The summed E-state index contributed by atoms with van der Waals surface area (Å²) in [5, 5.41) is 9.87. The fourth-order valence-electron chi connectivity index (χ4n) is 2.48. The van der Waals surface area contributed by atoms with Crippen LogP contribution in [0.4, 0.5) is 0 Å². The van der Waals surface area contributed by atoms with E-state index in [1.165, 1.54) is 0 Å². The van der Waals surface area contributed by atoms with Crippen molar-refractivity contribution < 1.29 is 19.1 Å². The number of hydrogen-bond acceptors (Lipinski definition) is 5. The predicted molar refractivity (Wildman–Crippen MR) is 91.2 cm³/mol. The van der Waals surface area contributed by atoms with Crippen molar-refractivity contribution in [2.75, 3.05) is 0 Å². The molecule has 3 atom stereocenters. The van der Waals surface area contributed by atoms with Crippen molar-refractivity contribution in [3.05, 3.63) is 71.8 Å². The first-order valence-corrected chi connectivity index (χ1v) is 9.92. The average Bonchev–Trinajstić information content (AvgIpc) is 3.04. The van der Waals surface area contributed by atoms with Gasteiger partial charge >= 0.3 is 151 Å². The number of esters is 2. The molecule has 5 nitrogen and oxygen atoms in total. The number of carbonyl (C=O) groups excluding carboxylic acids is 2. The Morgan fingerprint density at radius 2 is 1.44 bits per heavy atom. The number of rotatable bonds is 4. The Hall–Kier alpha value is -2.61. The first-order valence-electron chi connectivity index (χ1n) is 7.72. The van der Waals surface area contributed by atoms with Gasteiger partial charge in [0.2, 0.25) is 0 Å². The molecule has 0 bridgehead atoms. The molecule has 0 aliphatic carbocycles. The van der Waals surface area contributed by atoms with Crippen molar-refractivity contribution in [2.45, 2.75) is 22.3 Å². The summed E-state index contributed by atoms with van der Waals surface area (Å²) in [5.74, 6) is -0.981. The monoisotopic (exact) mass is 401 g/mol. The van der Waals surface area contributed by atoms with E-state index in [0.29, 0.717) is 16.4 Å². The number of benzene rings is 2. The number of ether oxygens (including phenoxy) is 2. The van der Waals surface area contributed by atoms with E-state index in [4.69, 9.17) is 9.47 Å². The summed E-state index contributed by atoms with van der Waals surface area (Å²) in [6.07, 6.45) is -1.32. The Morgan fingerprint density at radius 1 is 0.920 bits per heavy atom.